The van der Waals surface area contributed by atoms with Crippen molar-refractivity contribution in [2.24, 2.45) is 11.7 Å². The van der Waals surface area contributed by atoms with Gasteiger partial charge in [0.25, 0.3) is 0 Å². The predicted octanol–water partition coefficient (Wildman–Crippen LogP) is 1.80. The first-order valence-electron chi connectivity index (χ1n) is 6.92. The molecule has 0 aliphatic carbocycles. The van der Waals surface area contributed by atoms with Crippen molar-refractivity contribution >= 4 is 0 Å². The molecular formula is C15H21FN2O. The molecular weight excluding hydrogens is 243 g/mol. The van der Waals surface area contributed by atoms with E-state index in [0.29, 0.717) is 5.92 Å². The van der Waals surface area contributed by atoms with Gasteiger partial charge in [-0.3, -0.25) is 4.90 Å². The smallest absolute Gasteiger partial charge is 0.123 e. The van der Waals surface area contributed by atoms with Gasteiger partial charge < -0.3 is 10.5 Å². The molecule has 2 aliphatic rings. The van der Waals surface area contributed by atoms with E-state index in [9.17, 15) is 4.39 Å². The number of nitrogens with two attached hydrogens (primary N) is 1. The second kappa shape index (κ2) is 4.46. The molecule has 1 unspecified atom stereocenters. The van der Waals surface area contributed by atoms with Crippen LogP contribution in [0.15, 0.2) is 18.2 Å². The summed E-state index contributed by atoms with van der Waals surface area (Å²) in [7, 11) is 0. The highest BCUT2D eigenvalue weighted by molar-refractivity contribution is 5.38. The summed E-state index contributed by atoms with van der Waals surface area (Å²) >= 11 is 0. The third-order valence-corrected chi connectivity index (χ3v) is 4.41. The van der Waals surface area contributed by atoms with E-state index in [1.165, 1.54) is 6.07 Å². The van der Waals surface area contributed by atoms with Gasteiger partial charge in [-0.15, -0.1) is 0 Å². The number of rotatable bonds is 3. The fourth-order valence-electron chi connectivity index (χ4n) is 2.96. The van der Waals surface area contributed by atoms with Gasteiger partial charge in [-0.25, -0.2) is 4.39 Å². The maximum atomic E-state index is 13.1. The maximum absolute atomic E-state index is 13.1. The first-order valence-corrected chi connectivity index (χ1v) is 6.92. The molecule has 1 atom stereocenters. The van der Waals surface area contributed by atoms with Gasteiger partial charge in [-0.05, 0) is 24.1 Å². The highest BCUT2D eigenvalue weighted by atomic mass is 19.1. The minimum absolute atomic E-state index is 0.0441. The molecule has 1 saturated heterocycles. The van der Waals surface area contributed by atoms with Crippen molar-refractivity contribution in [2.45, 2.75) is 31.9 Å². The van der Waals surface area contributed by atoms with Gasteiger partial charge in [0, 0.05) is 37.2 Å². The van der Waals surface area contributed by atoms with Crippen molar-refractivity contribution < 1.29 is 9.13 Å². The van der Waals surface area contributed by atoms with E-state index >= 15 is 0 Å². The molecule has 4 heteroatoms. The molecule has 0 bridgehead atoms. The van der Waals surface area contributed by atoms with Crippen molar-refractivity contribution in [2.75, 3.05) is 19.6 Å². The van der Waals surface area contributed by atoms with Crippen LogP contribution in [0.25, 0.3) is 0 Å². The fourth-order valence-corrected chi connectivity index (χ4v) is 2.96. The van der Waals surface area contributed by atoms with Crippen LogP contribution in [-0.4, -0.2) is 36.2 Å². The van der Waals surface area contributed by atoms with E-state index in [1.54, 1.807) is 12.1 Å². The number of benzene rings is 1. The van der Waals surface area contributed by atoms with Gasteiger partial charge >= 0.3 is 0 Å². The molecule has 2 heterocycles. The predicted molar refractivity (Wildman–Crippen MR) is 72.7 cm³/mol. The lowest BCUT2D eigenvalue weighted by atomic mass is 9.80. The van der Waals surface area contributed by atoms with Crippen LogP contribution in [0.2, 0.25) is 0 Å². The molecule has 0 amide bonds. The molecule has 0 aromatic heterocycles. The monoisotopic (exact) mass is 264 g/mol. The van der Waals surface area contributed by atoms with E-state index in [4.69, 9.17) is 10.5 Å². The quantitative estimate of drug-likeness (QED) is 0.904. The highest BCUT2D eigenvalue weighted by Gasteiger charge is 2.43. The maximum Gasteiger partial charge on any atom is 0.123 e. The summed E-state index contributed by atoms with van der Waals surface area (Å²) in [5.41, 5.74) is 7.22. The Morgan fingerprint density at radius 2 is 2.21 bits per heavy atom. The van der Waals surface area contributed by atoms with E-state index in [2.05, 4.69) is 18.7 Å². The number of likely N-dealkylation sites (tertiary alicyclic amines) is 1. The Kier molecular flexibility index (Phi) is 3.02. The summed E-state index contributed by atoms with van der Waals surface area (Å²) in [5, 5.41) is 0. The molecule has 2 N–H and O–H groups in total. The van der Waals surface area contributed by atoms with Gasteiger partial charge in [0.15, 0.2) is 0 Å². The van der Waals surface area contributed by atoms with Crippen LogP contribution >= 0.6 is 0 Å². The van der Waals surface area contributed by atoms with Crippen LogP contribution in [-0.2, 0) is 6.42 Å². The Balaban J connectivity index is 1.55. The fraction of sp³-hybridized carbons (Fsp3) is 0.600. The van der Waals surface area contributed by atoms with E-state index in [-0.39, 0.29) is 17.5 Å². The largest absolute Gasteiger partial charge is 0.488 e. The van der Waals surface area contributed by atoms with E-state index in [0.717, 1.165) is 37.4 Å². The van der Waals surface area contributed by atoms with Crippen molar-refractivity contribution in [1.82, 2.24) is 4.90 Å². The molecule has 3 nitrogen and oxygen atoms in total. The minimum atomic E-state index is -0.187. The van der Waals surface area contributed by atoms with Gasteiger partial charge in [0.05, 0.1) is 0 Å². The minimum Gasteiger partial charge on any atom is -0.488 e. The average Bonchev–Trinajstić information content (AvgIpc) is 2.67. The normalized spacial score (nSPS) is 25.0. The molecule has 1 fully saturated rings. The molecule has 2 aliphatic heterocycles. The van der Waals surface area contributed by atoms with Crippen molar-refractivity contribution in [3.8, 4) is 5.75 Å². The summed E-state index contributed by atoms with van der Waals surface area (Å²) in [6.07, 6.45) is 0.927. The topological polar surface area (TPSA) is 38.5 Å². The molecule has 0 saturated carbocycles. The number of hydrogen-bond donors (Lipinski definition) is 1. The molecule has 104 valence electrons. The molecule has 1 aromatic carbocycles. The van der Waals surface area contributed by atoms with Gasteiger partial charge in [-0.2, -0.15) is 0 Å². The van der Waals surface area contributed by atoms with Crippen LogP contribution in [0.5, 0.6) is 5.75 Å². The Bertz CT molecular complexity index is 483. The number of ether oxygens (including phenoxy) is 1. The number of hydrogen-bond acceptors (Lipinski definition) is 3. The molecule has 0 spiro atoms. The summed E-state index contributed by atoms with van der Waals surface area (Å²) in [6.45, 7) is 7.07. The number of halogens is 1. The zero-order valence-corrected chi connectivity index (χ0v) is 11.5. The van der Waals surface area contributed by atoms with Crippen LogP contribution in [0, 0.1) is 11.7 Å². The van der Waals surface area contributed by atoms with Gasteiger partial charge in [0.1, 0.15) is 17.7 Å². The first-order chi connectivity index (χ1) is 8.96. The molecule has 1 aromatic rings. The standard InChI is InChI=1S/C15H21FN2O/c1-10(2)15(17)8-18(9-15)7-13-6-11-5-12(16)3-4-14(11)19-13/h3-5,10,13H,6-9,17H2,1-2H3. The number of fused-ring (bicyclic) bond motifs is 1. The first kappa shape index (κ1) is 12.9. The molecule has 19 heavy (non-hydrogen) atoms. The van der Waals surface area contributed by atoms with E-state index in [1.807, 2.05) is 0 Å². The zero-order valence-electron chi connectivity index (χ0n) is 11.5. The van der Waals surface area contributed by atoms with Gasteiger partial charge in [-0.1, -0.05) is 13.8 Å². The van der Waals surface area contributed by atoms with Crippen LogP contribution in [0.4, 0.5) is 4.39 Å². The summed E-state index contributed by atoms with van der Waals surface area (Å²) < 4.78 is 19.0. The highest BCUT2D eigenvalue weighted by Crippen LogP contribution is 2.32. The van der Waals surface area contributed by atoms with Crippen LogP contribution in [0.3, 0.4) is 0 Å². The Morgan fingerprint density at radius 3 is 2.89 bits per heavy atom. The summed E-state index contributed by atoms with van der Waals surface area (Å²) in [6, 6.07) is 4.75. The average molecular weight is 264 g/mol. The summed E-state index contributed by atoms with van der Waals surface area (Å²) in [4.78, 5) is 2.33. The van der Waals surface area contributed by atoms with Crippen LogP contribution in [0.1, 0.15) is 19.4 Å². The SMILES string of the molecule is CC(C)C1(N)CN(CC2Cc3cc(F)ccc3O2)C1. The third kappa shape index (κ3) is 2.35. The second-order valence-electron chi connectivity index (χ2n) is 6.25. The third-order valence-electron chi connectivity index (χ3n) is 4.41. The lowest BCUT2D eigenvalue weighted by Crippen LogP contribution is -2.70. The van der Waals surface area contributed by atoms with E-state index < -0.39 is 0 Å². The number of nitrogens with zero attached hydrogens (tertiary/aromatic N) is 1. The second-order valence-corrected chi connectivity index (χ2v) is 6.25. The van der Waals surface area contributed by atoms with Crippen molar-refractivity contribution in [3.63, 3.8) is 0 Å². The molecule has 0 radical (unpaired) electrons. The Hall–Kier alpha value is -1.13. The van der Waals surface area contributed by atoms with Crippen molar-refractivity contribution in [1.29, 1.82) is 0 Å². The lowest BCUT2D eigenvalue weighted by molar-refractivity contribution is 0.0125. The summed E-state index contributed by atoms with van der Waals surface area (Å²) in [5.74, 6) is 1.14. The van der Waals surface area contributed by atoms with Crippen LogP contribution < -0.4 is 10.5 Å². The lowest BCUT2D eigenvalue weighted by Gasteiger charge is -2.51. The van der Waals surface area contributed by atoms with Crippen molar-refractivity contribution in [3.05, 3.63) is 29.6 Å². The molecule has 3 rings (SSSR count). The Labute approximate surface area is 113 Å². The Morgan fingerprint density at radius 1 is 1.47 bits per heavy atom. The zero-order chi connectivity index (χ0) is 13.6. The van der Waals surface area contributed by atoms with Gasteiger partial charge in [0.2, 0.25) is 0 Å².